The third-order valence-corrected chi connectivity index (χ3v) is 11.8. The van der Waals surface area contributed by atoms with Crippen molar-refractivity contribution >= 4 is 49.7 Å². The standard InChI is InChI=1S/2C25H51NO2.Ca/c2*1-4-7-10-13-16-19-22-26(23-20-17-14-11-8-5-2)24(25(27)28)21-18-15-12-9-6-3;/h2*24H,4-23H2,1-3H3,(H,27,28);/q;;+2/p-2. The van der Waals surface area contributed by atoms with Crippen molar-refractivity contribution in [3.8, 4) is 0 Å². The molecule has 57 heavy (non-hydrogen) atoms. The molecule has 0 radical (unpaired) electrons. The largest absolute Gasteiger partial charge is 2.00 e. The molecule has 0 aliphatic rings. The van der Waals surface area contributed by atoms with Gasteiger partial charge in [0.2, 0.25) is 0 Å². The first-order valence-corrected chi connectivity index (χ1v) is 25.2. The van der Waals surface area contributed by atoms with Gasteiger partial charge in [0.1, 0.15) is 0 Å². The first kappa shape index (κ1) is 61.4. The zero-order valence-electron chi connectivity index (χ0n) is 39.7. The van der Waals surface area contributed by atoms with Crippen molar-refractivity contribution in [1.82, 2.24) is 9.80 Å². The molecule has 2 atom stereocenters. The van der Waals surface area contributed by atoms with Crippen molar-refractivity contribution in [2.75, 3.05) is 26.2 Å². The van der Waals surface area contributed by atoms with E-state index in [2.05, 4.69) is 51.3 Å². The molecule has 0 heterocycles. The fraction of sp³-hybridized carbons (Fsp3) is 0.960. The van der Waals surface area contributed by atoms with Gasteiger partial charge in [0.15, 0.2) is 0 Å². The van der Waals surface area contributed by atoms with Crippen molar-refractivity contribution in [2.45, 2.75) is 285 Å². The van der Waals surface area contributed by atoms with Crippen molar-refractivity contribution < 1.29 is 19.8 Å². The van der Waals surface area contributed by atoms with Crippen LogP contribution < -0.4 is 10.2 Å². The Labute approximate surface area is 387 Å². The summed E-state index contributed by atoms with van der Waals surface area (Å²) in [7, 11) is 0. The topological polar surface area (TPSA) is 86.7 Å². The predicted octanol–water partition coefficient (Wildman–Crippen LogP) is 12.6. The Kier molecular flexibility index (Phi) is 54.4. The van der Waals surface area contributed by atoms with Crippen LogP contribution in [-0.2, 0) is 9.59 Å². The maximum absolute atomic E-state index is 11.9. The molecule has 0 aromatic rings. The first-order chi connectivity index (χ1) is 27.3. The van der Waals surface area contributed by atoms with Gasteiger partial charge >= 0.3 is 37.7 Å². The summed E-state index contributed by atoms with van der Waals surface area (Å²) in [6, 6.07) is -0.763. The van der Waals surface area contributed by atoms with E-state index >= 15 is 0 Å². The Morgan fingerprint density at radius 1 is 0.316 bits per heavy atom. The number of hydrogen-bond acceptors (Lipinski definition) is 6. The molecule has 6 nitrogen and oxygen atoms in total. The minimum Gasteiger partial charge on any atom is -0.548 e. The molecule has 0 spiro atoms. The number of carboxylic acids is 2. The summed E-state index contributed by atoms with van der Waals surface area (Å²) >= 11 is 0. The minimum atomic E-state index is -0.854. The molecule has 0 aliphatic carbocycles. The minimum absolute atomic E-state index is 0. The summed E-state index contributed by atoms with van der Waals surface area (Å²) in [5, 5.41) is 23.7. The van der Waals surface area contributed by atoms with E-state index in [0.29, 0.717) is 0 Å². The average Bonchev–Trinajstić information content (AvgIpc) is 3.18. The fourth-order valence-corrected chi connectivity index (χ4v) is 8.01. The summed E-state index contributed by atoms with van der Waals surface area (Å²) in [4.78, 5) is 28.2. The third kappa shape index (κ3) is 42.6. The van der Waals surface area contributed by atoms with E-state index in [1.54, 1.807) is 0 Å². The second kappa shape index (κ2) is 50.5. The SMILES string of the molecule is CCCCCCCCN(CCCCCCCC)C(CCCCCCC)C(=O)[O-].CCCCCCCCN(CCCCCCCC)C(CCCCCCC)C(=O)[O-].[Ca+2]. The molecular formula is C50H100CaN2O4. The van der Waals surface area contributed by atoms with Gasteiger partial charge < -0.3 is 19.8 Å². The van der Waals surface area contributed by atoms with E-state index in [1.165, 1.54) is 167 Å². The zero-order chi connectivity index (χ0) is 41.7. The smallest absolute Gasteiger partial charge is 0.548 e. The number of rotatable bonds is 44. The van der Waals surface area contributed by atoms with Gasteiger partial charge in [-0.3, -0.25) is 9.80 Å². The number of carboxylic acid groups (broad SMARTS) is 2. The Morgan fingerprint density at radius 3 is 0.684 bits per heavy atom. The molecule has 336 valence electrons. The van der Waals surface area contributed by atoms with Crippen LogP contribution in [0.4, 0.5) is 0 Å². The van der Waals surface area contributed by atoms with E-state index in [4.69, 9.17) is 0 Å². The van der Waals surface area contributed by atoms with Crippen LogP contribution in [0.2, 0.25) is 0 Å². The van der Waals surface area contributed by atoms with Gasteiger partial charge in [-0.1, -0.05) is 234 Å². The Morgan fingerprint density at radius 2 is 0.491 bits per heavy atom. The van der Waals surface area contributed by atoms with Crippen molar-refractivity contribution in [1.29, 1.82) is 0 Å². The van der Waals surface area contributed by atoms with Crippen LogP contribution >= 0.6 is 0 Å². The van der Waals surface area contributed by atoms with Crippen LogP contribution in [0.15, 0.2) is 0 Å². The number of unbranched alkanes of at least 4 members (excludes halogenated alkanes) is 28. The molecule has 0 bridgehead atoms. The molecule has 0 aromatic heterocycles. The van der Waals surface area contributed by atoms with Crippen molar-refractivity contribution in [3.05, 3.63) is 0 Å². The van der Waals surface area contributed by atoms with E-state index in [0.717, 1.165) is 90.4 Å². The summed E-state index contributed by atoms with van der Waals surface area (Å²) in [6.07, 6.45) is 43.5. The molecule has 0 fully saturated rings. The summed E-state index contributed by atoms with van der Waals surface area (Å²) in [5.74, 6) is -1.71. The fourth-order valence-electron chi connectivity index (χ4n) is 8.01. The van der Waals surface area contributed by atoms with E-state index in [1.807, 2.05) is 0 Å². The van der Waals surface area contributed by atoms with Crippen LogP contribution in [0.3, 0.4) is 0 Å². The van der Waals surface area contributed by atoms with Crippen LogP contribution in [-0.4, -0.2) is 97.7 Å². The van der Waals surface area contributed by atoms with Gasteiger partial charge in [0.25, 0.3) is 0 Å². The molecule has 0 aliphatic heterocycles. The van der Waals surface area contributed by atoms with Gasteiger partial charge in [0, 0.05) is 12.1 Å². The first-order valence-electron chi connectivity index (χ1n) is 25.2. The normalized spacial score (nSPS) is 12.4. The molecule has 0 saturated heterocycles. The van der Waals surface area contributed by atoms with Crippen LogP contribution in [0.5, 0.6) is 0 Å². The van der Waals surface area contributed by atoms with Crippen molar-refractivity contribution in [3.63, 3.8) is 0 Å². The summed E-state index contributed by atoms with van der Waals surface area (Å²) in [6.45, 7) is 17.1. The Bertz CT molecular complexity index is 704. The molecule has 0 N–H and O–H groups in total. The van der Waals surface area contributed by atoms with Crippen LogP contribution in [0.1, 0.15) is 273 Å². The second-order valence-electron chi connectivity index (χ2n) is 17.2. The van der Waals surface area contributed by atoms with Gasteiger partial charge in [-0.15, -0.1) is 0 Å². The molecular weight excluding hydrogens is 733 g/mol. The molecule has 0 aromatic carbocycles. The summed E-state index contributed by atoms with van der Waals surface area (Å²) in [5.41, 5.74) is 0. The van der Waals surface area contributed by atoms with Gasteiger partial charge in [-0.2, -0.15) is 0 Å². The number of nitrogens with zero attached hydrogens (tertiary/aromatic N) is 2. The second-order valence-corrected chi connectivity index (χ2v) is 17.2. The maximum atomic E-state index is 11.9. The van der Waals surface area contributed by atoms with E-state index in [-0.39, 0.29) is 49.8 Å². The van der Waals surface area contributed by atoms with Crippen LogP contribution in [0.25, 0.3) is 0 Å². The molecule has 0 saturated carbocycles. The third-order valence-electron chi connectivity index (χ3n) is 11.8. The number of hydrogen-bond donors (Lipinski definition) is 0. The van der Waals surface area contributed by atoms with Gasteiger partial charge in [-0.05, 0) is 64.7 Å². The number of aliphatic carboxylic acids is 2. The Hall–Kier alpha value is 0.120. The van der Waals surface area contributed by atoms with Gasteiger partial charge in [-0.25, -0.2) is 0 Å². The van der Waals surface area contributed by atoms with Crippen molar-refractivity contribution in [2.24, 2.45) is 0 Å². The quantitative estimate of drug-likeness (QED) is 0.0449. The zero-order valence-corrected chi connectivity index (χ0v) is 41.9. The average molecular weight is 833 g/mol. The number of carbonyl (C=O) groups excluding carboxylic acids is 2. The molecule has 0 rings (SSSR count). The van der Waals surface area contributed by atoms with E-state index < -0.39 is 11.9 Å². The van der Waals surface area contributed by atoms with E-state index in [9.17, 15) is 19.8 Å². The van der Waals surface area contributed by atoms with Gasteiger partial charge in [0.05, 0.1) is 11.9 Å². The molecule has 2 unspecified atom stereocenters. The molecule has 0 amide bonds. The molecule has 7 heteroatoms. The summed E-state index contributed by atoms with van der Waals surface area (Å²) < 4.78 is 0. The maximum Gasteiger partial charge on any atom is 2.00 e. The van der Waals surface area contributed by atoms with Crippen LogP contribution in [0, 0.1) is 0 Å². The predicted molar refractivity (Wildman–Crippen MR) is 247 cm³/mol. The Balaban J connectivity index is -0.00000101. The monoisotopic (exact) mass is 833 g/mol. The number of carbonyl (C=O) groups is 2.